The molecule has 1 amide bonds. The van der Waals surface area contributed by atoms with Gasteiger partial charge in [0.15, 0.2) is 6.61 Å². The molecule has 0 saturated carbocycles. The number of hydrogen-bond donors (Lipinski definition) is 2. The van der Waals surface area contributed by atoms with Crippen LogP contribution in [-0.2, 0) is 11.2 Å². The molecule has 0 radical (unpaired) electrons. The van der Waals surface area contributed by atoms with Crippen LogP contribution in [0, 0.1) is 11.3 Å². The SMILES string of the molecule is N#Cc1cccc(NC(=O)COc2cccc3c2CCCC3O)c1. The number of anilines is 1. The molecule has 1 atom stereocenters. The molecule has 2 N–H and O–H groups in total. The number of hydrogen-bond acceptors (Lipinski definition) is 4. The van der Waals surface area contributed by atoms with Gasteiger partial charge in [0.05, 0.1) is 17.7 Å². The number of rotatable bonds is 4. The highest BCUT2D eigenvalue weighted by Crippen LogP contribution is 2.35. The second kappa shape index (κ2) is 7.16. The summed E-state index contributed by atoms with van der Waals surface area (Å²) in [6.45, 7) is -0.122. The Hall–Kier alpha value is -2.84. The molecule has 24 heavy (non-hydrogen) atoms. The van der Waals surface area contributed by atoms with Crippen molar-refractivity contribution in [3.63, 3.8) is 0 Å². The molecule has 0 aliphatic heterocycles. The molecule has 2 aromatic carbocycles. The predicted molar refractivity (Wildman–Crippen MR) is 89.6 cm³/mol. The van der Waals surface area contributed by atoms with Crippen molar-refractivity contribution >= 4 is 11.6 Å². The number of carbonyl (C=O) groups is 1. The van der Waals surface area contributed by atoms with Crippen LogP contribution in [0.15, 0.2) is 42.5 Å². The number of aliphatic hydroxyl groups excluding tert-OH is 1. The van der Waals surface area contributed by atoms with Gasteiger partial charge in [0.25, 0.3) is 5.91 Å². The molecule has 0 bridgehead atoms. The molecule has 2 aromatic rings. The minimum atomic E-state index is -0.458. The second-order valence-corrected chi connectivity index (χ2v) is 5.76. The number of amides is 1. The molecule has 1 aliphatic rings. The van der Waals surface area contributed by atoms with Crippen molar-refractivity contribution in [2.24, 2.45) is 0 Å². The van der Waals surface area contributed by atoms with Crippen LogP contribution in [0.4, 0.5) is 5.69 Å². The first kappa shape index (κ1) is 16.0. The number of nitrogens with one attached hydrogen (secondary N) is 1. The van der Waals surface area contributed by atoms with Crippen molar-refractivity contribution in [2.75, 3.05) is 11.9 Å². The van der Waals surface area contributed by atoms with E-state index in [4.69, 9.17) is 10.00 Å². The summed E-state index contributed by atoms with van der Waals surface area (Å²) in [5, 5.41) is 21.6. The molecule has 0 fully saturated rings. The van der Waals surface area contributed by atoms with Gasteiger partial charge in [-0.05, 0) is 54.7 Å². The highest BCUT2D eigenvalue weighted by molar-refractivity contribution is 5.92. The number of nitrogens with zero attached hydrogens (tertiary/aromatic N) is 1. The fourth-order valence-electron chi connectivity index (χ4n) is 2.93. The topological polar surface area (TPSA) is 82.4 Å². The Morgan fingerprint density at radius 3 is 3.00 bits per heavy atom. The number of ether oxygens (including phenoxy) is 1. The molecule has 1 unspecified atom stereocenters. The summed E-state index contributed by atoms with van der Waals surface area (Å²) in [4.78, 5) is 12.0. The van der Waals surface area contributed by atoms with Crippen LogP contribution in [0.2, 0.25) is 0 Å². The quantitative estimate of drug-likeness (QED) is 0.906. The van der Waals surface area contributed by atoms with E-state index in [2.05, 4.69) is 5.32 Å². The van der Waals surface area contributed by atoms with Crippen molar-refractivity contribution in [1.29, 1.82) is 5.26 Å². The van der Waals surface area contributed by atoms with Gasteiger partial charge in [0.1, 0.15) is 5.75 Å². The Kier molecular flexibility index (Phi) is 4.78. The fraction of sp³-hybridized carbons (Fsp3) is 0.263. The maximum atomic E-state index is 12.0. The Morgan fingerprint density at radius 2 is 2.17 bits per heavy atom. The summed E-state index contributed by atoms with van der Waals surface area (Å²) in [6.07, 6.45) is 2.04. The molecule has 0 aromatic heterocycles. The monoisotopic (exact) mass is 322 g/mol. The van der Waals surface area contributed by atoms with Gasteiger partial charge in [0.2, 0.25) is 0 Å². The third-order valence-corrected chi connectivity index (χ3v) is 4.07. The zero-order valence-corrected chi connectivity index (χ0v) is 13.2. The van der Waals surface area contributed by atoms with Crippen molar-refractivity contribution in [2.45, 2.75) is 25.4 Å². The maximum absolute atomic E-state index is 12.0. The summed E-state index contributed by atoms with van der Waals surface area (Å²) in [5.74, 6) is 0.353. The standard InChI is InChI=1S/C19H18N2O3/c20-11-13-4-1-5-14(10-13)21-19(23)12-24-18-9-3-6-15-16(18)7-2-8-17(15)22/h1,3-6,9-10,17,22H,2,7-8,12H2,(H,21,23). The van der Waals surface area contributed by atoms with E-state index in [1.54, 1.807) is 24.3 Å². The van der Waals surface area contributed by atoms with Gasteiger partial charge >= 0.3 is 0 Å². The summed E-state index contributed by atoms with van der Waals surface area (Å²) in [5.41, 5.74) is 2.92. The highest BCUT2D eigenvalue weighted by atomic mass is 16.5. The number of nitriles is 1. The number of aliphatic hydroxyl groups is 1. The molecular weight excluding hydrogens is 304 g/mol. The predicted octanol–water partition coefficient (Wildman–Crippen LogP) is 2.95. The van der Waals surface area contributed by atoms with E-state index in [1.807, 2.05) is 24.3 Å². The van der Waals surface area contributed by atoms with Crippen LogP contribution in [0.5, 0.6) is 5.75 Å². The fourth-order valence-corrected chi connectivity index (χ4v) is 2.93. The summed E-state index contributed by atoms with van der Waals surface area (Å²) >= 11 is 0. The summed E-state index contributed by atoms with van der Waals surface area (Å²) in [6, 6.07) is 14.3. The van der Waals surface area contributed by atoms with Crippen LogP contribution in [0.1, 0.15) is 35.6 Å². The zero-order valence-electron chi connectivity index (χ0n) is 13.2. The first-order chi connectivity index (χ1) is 11.7. The van der Waals surface area contributed by atoms with Gasteiger partial charge in [-0.3, -0.25) is 4.79 Å². The molecule has 122 valence electrons. The molecular formula is C19H18N2O3. The molecule has 0 saturated heterocycles. The van der Waals surface area contributed by atoms with Gasteiger partial charge in [-0.15, -0.1) is 0 Å². The van der Waals surface area contributed by atoms with Gasteiger partial charge in [0, 0.05) is 5.69 Å². The Bertz CT molecular complexity index is 795. The third kappa shape index (κ3) is 3.55. The first-order valence-electron chi connectivity index (χ1n) is 7.90. The summed E-state index contributed by atoms with van der Waals surface area (Å²) in [7, 11) is 0. The molecule has 5 heteroatoms. The average molecular weight is 322 g/mol. The van der Waals surface area contributed by atoms with E-state index in [0.717, 1.165) is 30.4 Å². The second-order valence-electron chi connectivity index (χ2n) is 5.76. The van der Waals surface area contributed by atoms with Crippen molar-refractivity contribution in [3.8, 4) is 11.8 Å². The van der Waals surface area contributed by atoms with Gasteiger partial charge in [-0.1, -0.05) is 18.2 Å². The Morgan fingerprint density at radius 1 is 1.33 bits per heavy atom. The van der Waals surface area contributed by atoms with E-state index in [1.165, 1.54) is 0 Å². The molecule has 0 spiro atoms. The first-order valence-corrected chi connectivity index (χ1v) is 7.90. The molecule has 0 heterocycles. The normalized spacial score (nSPS) is 15.9. The lowest BCUT2D eigenvalue weighted by molar-refractivity contribution is -0.118. The third-order valence-electron chi connectivity index (χ3n) is 4.07. The number of carbonyl (C=O) groups excluding carboxylic acids is 1. The van der Waals surface area contributed by atoms with Gasteiger partial charge < -0.3 is 15.2 Å². The zero-order chi connectivity index (χ0) is 16.9. The number of benzene rings is 2. The van der Waals surface area contributed by atoms with Gasteiger partial charge in [-0.2, -0.15) is 5.26 Å². The average Bonchev–Trinajstić information content (AvgIpc) is 2.60. The van der Waals surface area contributed by atoms with Crippen LogP contribution in [-0.4, -0.2) is 17.6 Å². The minimum absolute atomic E-state index is 0.122. The van der Waals surface area contributed by atoms with Gasteiger partial charge in [-0.25, -0.2) is 0 Å². The Balaban J connectivity index is 1.65. The van der Waals surface area contributed by atoms with Crippen LogP contribution >= 0.6 is 0 Å². The van der Waals surface area contributed by atoms with Crippen LogP contribution in [0.25, 0.3) is 0 Å². The largest absolute Gasteiger partial charge is 0.483 e. The maximum Gasteiger partial charge on any atom is 0.262 e. The lowest BCUT2D eigenvalue weighted by Gasteiger charge is -2.23. The summed E-state index contributed by atoms with van der Waals surface area (Å²) < 4.78 is 5.66. The molecule has 5 nitrogen and oxygen atoms in total. The van der Waals surface area contributed by atoms with Crippen molar-refractivity contribution < 1.29 is 14.6 Å². The minimum Gasteiger partial charge on any atom is -0.483 e. The van der Waals surface area contributed by atoms with Crippen LogP contribution in [0.3, 0.4) is 0 Å². The lowest BCUT2D eigenvalue weighted by atomic mass is 9.89. The van der Waals surface area contributed by atoms with E-state index in [-0.39, 0.29) is 12.5 Å². The van der Waals surface area contributed by atoms with Crippen molar-refractivity contribution in [3.05, 3.63) is 59.2 Å². The molecule has 3 rings (SSSR count). The smallest absolute Gasteiger partial charge is 0.262 e. The lowest BCUT2D eigenvalue weighted by Crippen LogP contribution is -2.21. The van der Waals surface area contributed by atoms with E-state index >= 15 is 0 Å². The van der Waals surface area contributed by atoms with E-state index < -0.39 is 6.10 Å². The van der Waals surface area contributed by atoms with Crippen LogP contribution < -0.4 is 10.1 Å². The van der Waals surface area contributed by atoms with E-state index in [9.17, 15) is 9.90 Å². The number of fused-ring (bicyclic) bond motifs is 1. The Labute approximate surface area is 140 Å². The van der Waals surface area contributed by atoms with Crippen molar-refractivity contribution in [1.82, 2.24) is 0 Å². The highest BCUT2D eigenvalue weighted by Gasteiger charge is 2.21. The van der Waals surface area contributed by atoms with E-state index in [0.29, 0.717) is 17.0 Å². The molecule has 1 aliphatic carbocycles.